The minimum Gasteiger partial charge on any atom is -0.393 e. The van der Waals surface area contributed by atoms with Gasteiger partial charge in [-0.25, -0.2) is 4.39 Å². The fourth-order valence-electron chi connectivity index (χ4n) is 6.14. The van der Waals surface area contributed by atoms with Crippen molar-refractivity contribution < 1.29 is 19.1 Å². The molecule has 0 spiro atoms. The Morgan fingerprint density at radius 3 is 2.48 bits per heavy atom. The third-order valence-corrected chi connectivity index (χ3v) is 8.10. The first-order chi connectivity index (χ1) is 15.8. The van der Waals surface area contributed by atoms with E-state index < -0.39 is 0 Å². The molecule has 3 fully saturated rings. The van der Waals surface area contributed by atoms with Crippen LogP contribution in [0.5, 0.6) is 0 Å². The van der Waals surface area contributed by atoms with E-state index in [0.717, 1.165) is 74.8 Å². The molecule has 1 aliphatic heterocycles. The zero-order valence-electron chi connectivity index (χ0n) is 20.2. The van der Waals surface area contributed by atoms with Gasteiger partial charge in [0.2, 0.25) is 5.91 Å². The smallest absolute Gasteiger partial charge is 0.226 e. The van der Waals surface area contributed by atoms with Crippen molar-refractivity contribution in [2.45, 2.75) is 90.3 Å². The van der Waals surface area contributed by atoms with Crippen LogP contribution < -0.4 is 0 Å². The molecule has 3 aliphatic rings. The molecule has 1 aromatic carbocycles. The van der Waals surface area contributed by atoms with Crippen LogP contribution in [0.2, 0.25) is 0 Å². The zero-order valence-corrected chi connectivity index (χ0v) is 20.2. The van der Waals surface area contributed by atoms with Crippen molar-refractivity contribution in [2.75, 3.05) is 19.6 Å². The van der Waals surface area contributed by atoms with E-state index in [4.69, 9.17) is 0 Å². The van der Waals surface area contributed by atoms with Crippen molar-refractivity contribution >= 4 is 11.7 Å². The molecule has 4 rings (SSSR count). The van der Waals surface area contributed by atoms with E-state index in [1.165, 1.54) is 6.07 Å². The van der Waals surface area contributed by atoms with Crippen LogP contribution >= 0.6 is 0 Å². The molecule has 5 nitrogen and oxygen atoms in total. The first kappa shape index (κ1) is 24.3. The molecule has 33 heavy (non-hydrogen) atoms. The van der Waals surface area contributed by atoms with Gasteiger partial charge in [0, 0.05) is 51.0 Å². The summed E-state index contributed by atoms with van der Waals surface area (Å²) in [4.78, 5) is 29.9. The number of aliphatic hydroxyl groups excluding tert-OH is 1. The summed E-state index contributed by atoms with van der Waals surface area (Å²) >= 11 is 0. The molecular formula is C27H39FN2O3. The minimum absolute atomic E-state index is 0.126. The number of aliphatic hydroxyl groups is 1. The number of carbonyl (C=O) groups is 2. The van der Waals surface area contributed by atoms with Crippen LogP contribution in [-0.2, 0) is 22.6 Å². The summed E-state index contributed by atoms with van der Waals surface area (Å²) in [7, 11) is 0. The number of Topliss-reactive ketones (excluding diaryl/α,β-unsaturated/α-hetero) is 1. The summed E-state index contributed by atoms with van der Waals surface area (Å²) in [5, 5.41) is 9.71. The Hall–Kier alpha value is -1.79. The van der Waals surface area contributed by atoms with E-state index in [-0.39, 0.29) is 42.0 Å². The lowest BCUT2D eigenvalue weighted by atomic mass is 9.93. The first-order valence-electron chi connectivity index (χ1n) is 12.8. The summed E-state index contributed by atoms with van der Waals surface area (Å²) < 4.78 is 14.5. The number of hydrogen-bond acceptors (Lipinski definition) is 4. The molecule has 1 saturated heterocycles. The Morgan fingerprint density at radius 1 is 1.09 bits per heavy atom. The highest BCUT2D eigenvalue weighted by Crippen LogP contribution is 2.30. The first-order valence-corrected chi connectivity index (χ1v) is 12.8. The van der Waals surface area contributed by atoms with Crippen molar-refractivity contribution in [1.29, 1.82) is 0 Å². The molecule has 182 valence electrons. The molecule has 6 heteroatoms. The second kappa shape index (κ2) is 10.6. The highest BCUT2D eigenvalue weighted by Gasteiger charge is 2.33. The SMILES string of the molecule is Cc1c(CC(=O)CC2CCC(O)C2)cc(F)cc1CN1CCN(C(=O)C2CCCC2)[C@@H](C)C1. The lowest BCUT2D eigenvalue weighted by molar-refractivity contribution is -0.140. The third kappa shape index (κ3) is 6.02. The van der Waals surface area contributed by atoms with Gasteiger partial charge < -0.3 is 10.0 Å². The van der Waals surface area contributed by atoms with Crippen LogP contribution in [0, 0.1) is 24.6 Å². The molecule has 2 saturated carbocycles. The number of benzene rings is 1. The predicted octanol–water partition coefficient (Wildman–Crippen LogP) is 4.02. The number of rotatable bonds is 7. The van der Waals surface area contributed by atoms with Crippen LogP contribution in [-0.4, -0.2) is 58.4 Å². The zero-order chi connectivity index (χ0) is 23.5. The maximum atomic E-state index is 14.5. The second-order valence-electron chi connectivity index (χ2n) is 10.7. The lowest BCUT2D eigenvalue weighted by Crippen LogP contribution is -2.54. The molecule has 2 aliphatic carbocycles. The molecule has 0 aromatic heterocycles. The number of halogens is 1. The van der Waals surface area contributed by atoms with Gasteiger partial charge in [0.1, 0.15) is 11.6 Å². The van der Waals surface area contributed by atoms with Crippen LogP contribution in [0.15, 0.2) is 12.1 Å². The summed E-state index contributed by atoms with van der Waals surface area (Å²) in [5.41, 5.74) is 2.70. The van der Waals surface area contributed by atoms with Crippen molar-refractivity contribution in [3.05, 3.63) is 34.6 Å². The Bertz CT molecular complexity index is 867. The van der Waals surface area contributed by atoms with Crippen LogP contribution in [0.25, 0.3) is 0 Å². The molecule has 0 radical (unpaired) electrons. The largest absolute Gasteiger partial charge is 0.393 e. The van der Waals surface area contributed by atoms with E-state index in [9.17, 15) is 19.1 Å². The highest BCUT2D eigenvalue weighted by atomic mass is 19.1. The van der Waals surface area contributed by atoms with Crippen LogP contribution in [0.3, 0.4) is 0 Å². The summed E-state index contributed by atoms with van der Waals surface area (Å²) in [6.45, 7) is 7.03. The minimum atomic E-state index is -0.294. The topological polar surface area (TPSA) is 60.9 Å². The predicted molar refractivity (Wildman–Crippen MR) is 126 cm³/mol. The molecule has 3 atom stereocenters. The van der Waals surface area contributed by atoms with Gasteiger partial charge in [0.05, 0.1) is 6.10 Å². The van der Waals surface area contributed by atoms with Gasteiger partial charge in [0.25, 0.3) is 0 Å². The quantitative estimate of drug-likeness (QED) is 0.671. The average Bonchev–Trinajstić information content (AvgIpc) is 3.43. The molecular weight excluding hydrogens is 419 g/mol. The Morgan fingerprint density at radius 2 is 1.82 bits per heavy atom. The summed E-state index contributed by atoms with van der Waals surface area (Å²) in [6, 6.07) is 3.25. The molecule has 1 amide bonds. The summed E-state index contributed by atoms with van der Waals surface area (Å²) in [5.74, 6) is 0.610. The van der Waals surface area contributed by atoms with Gasteiger partial charge in [-0.2, -0.15) is 0 Å². The Labute approximate surface area is 197 Å². The molecule has 1 N–H and O–H groups in total. The standard InChI is InChI=1S/C27H39FN2O3/c1-18-16-29(9-10-30(18)27(33)21-5-3-4-6-21)17-23-14-24(28)13-22(19(23)2)15-26(32)12-20-7-8-25(31)11-20/h13-14,18,20-21,25,31H,3-12,15-17H2,1-2H3/t18-,20?,25?/m0/s1. The van der Waals surface area contributed by atoms with Crippen LogP contribution in [0.1, 0.15) is 75.0 Å². The van der Waals surface area contributed by atoms with E-state index in [1.807, 2.05) is 6.92 Å². The van der Waals surface area contributed by atoms with Crippen molar-refractivity contribution in [2.24, 2.45) is 11.8 Å². The number of carbonyl (C=O) groups excluding carboxylic acids is 2. The fourth-order valence-corrected chi connectivity index (χ4v) is 6.14. The van der Waals surface area contributed by atoms with Gasteiger partial charge >= 0.3 is 0 Å². The summed E-state index contributed by atoms with van der Waals surface area (Å²) in [6.07, 6.45) is 7.20. The molecule has 2 unspecified atom stereocenters. The van der Waals surface area contributed by atoms with E-state index >= 15 is 0 Å². The van der Waals surface area contributed by atoms with E-state index in [2.05, 4.69) is 16.7 Å². The fraction of sp³-hybridized carbons (Fsp3) is 0.704. The van der Waals surface area contributed by atoms with Gasteiger partial charge in [-0.15, -0.1) is 0 Å². The van der Waals surface area contributed by atoms with Crippen molar-refractivity contribution in [3.8, 4) is 0 Å². The number of piperazine rings is 1. The van der Waals surface area contributed by atoms with Gasteiger partial charge in [0.15, 0.2) is 0 Å². The number of nitrogens with zero attached hydrogens (tertiary/aromatic N) is 2. The maximum Gasteiger partial charge on any atom is 0.226 e. The van der Waals surface area contributed by atoms with Crippen molar-refractivity contribution in [3.63, 3.8) is 0 Å². The molecule has 1 heterocycles. The highest BCUT2D eigenvalue weighted by molar-refractivity contribution is 5.81. The van der Waals surface area contributed by atoms with Gasteiger partial charge in [-0.05, 0) is 80.7 Å². The van der Waals surface area contributed by atoms with Gasteiger partial charge in [-0.3, -0.25) is 14.5 Å². The number of amides is 1. The normalized spacial score (nSPS) is 26.8. The van der Waals surface area contributed by atoms with Gasteiger partial charge in [-0.1, -0.05) is 12.8 Å². The van der Waals surface area contributed by atoms with E-state index in [1.54, 1.807) is 6.07 Å². The Balaban J connectivity index is 1.36. The second-order valence-corrected chi connectivity index (χ2v) is 10.7. The van der Waals surface area contributed by atoms with Crippen LogP contribution in [0.4, 0.5) is 4.39 Å². The monoisotopic (exact) mass is 458 g/mol. The van der Waals surface area contributed by atoms with Crippen molar-refractivity contribution in [1.82, 2.24) is 9.80 Å². The molecule has 0 bridgehead atoms. The third-order valence-electron chi connectivity index (χ3n) is 8.10. The molecule has 1 aromatic rings. The average molecular weight is 459 g/mol. The Kier molecular flexibility index (Phi) is 7.85. The maximum absolute atomic E-state index is 14.5. The van der Waals surface area contributed by atoms with E-state index in [0.29, 0.717) is 25.3 Å². The number of hydrogen-bond donors (Lipinski definition) is 1. The number of ketones is 1. The lowest BCUT2D eigenvalue weighted by Gasteiger charge is -2.41.